The van der Waals surface area contributed by atoms with Crippen molar-refractivity contribution in [3.05, 3.63) is 84.5 Å². The predicted octanol–water partition coefficient (Wildman–Crippen LogP) is 2.87. The fourth-order valence-electron chi connectivity index (χ4n) is 3.11. The molecule has 32 heavy (non-hydrogen) atoms. The molecule has 164 valence electrons. The smallest absolute Gasteiger partial charge is 0.250 e. The number of ether oxygens (including phenoxy) is 2. The van der Waals surface area contributed by atoms with Crippen molar-refractivity contribution in [3.63, 3.8) is 0 Å². The third kappa shape index (κ3) is 4.28. The molecule has 0 unspecified atom stereocenters. The molecule has 0 atom stereocenters. The molecule has 2 aromatic carbocycles. The maximum atomic E-state index is 13.0. The summed E-state index contributed by atoms with van der Waals surface area (Å²) in [6, 6.07) is 11.1. The van der Waals surface area contributed by atoms with Gasteiger partial charge in [0, 0.05) is 31.6 Å². The summed E-state index contributed by atoms with van der Waals surface area (Å²) >= 11 is 0. The third-order valence-electron chi connectivity index (χ3n) is 4.92. The van der Waals surface area contributed by atoms with Gasteiger partial charge >= 0.3 is 0 Å². The first-order valence-electron chi connectivity index (χ1n) is 9.71. The van der Waals surface area contributed by atoms with Gasteiger partial charge in [0.15, 0.2) is 11.5 Å². The van der Waals surface area contributed by atoms with Gasteiger partial charge in [0.2, 0.25) is 16.6 Å². The number of nitrogens with zero attached hydrogens (tertiary/aromatic N) is 2. The second kappa shape index (κ2) is 8.72. The second-order valence-corrected chi connectivity index (χ2v) is 8.99. The summed E-state index contributed by atoms with van der Waals surface area (Å²) in [5.41, 5.74) is 1.03. The SMILES string of the molecule is C=C(/C=C\c1nccn1C)C(=O)NCc1ccc(S(=O)(=O)c2cccc3c2OCO3)cc1. The second-order valence-electron chi connectivity index (χ2n) is 7.07. The quantitative estimate of drug-likeness (QED) is 0.438. The number of amides is 1. The van der Waals surface area contributed by atoms with E-state index in [9.17, 15) is 13.2 Å². The number of aromatic nitrogens is 2. The summed E-state index contributed by atoms with van der Waals surface area (Å²) in [5, 5.41) is 2.76. The van der Waals surface area contributed by atoms with Crippen LogP contribution in [0.4, 0.5) is 0 Å². The van der Waals surface area contributed by atoms with Crippen molar-refractivity contribution in [2.45, 2.75) is 16.3 Å². The molecule has 4 rings (SSSR count). The highest BCUT2D eigenvalue weighted by atomic mass is 32.2. The van der Waals surface area contributed by atoms with Crippen molar-refractivity contribution in [1.82, 2.24) is 14.9 Å². The zero-order valence-corrected chi connectivity index (χ0v) is 18.1. The summed E-state index contributed by atoms with van der Waals surface area (Å²) in [6.07, 6.45) is 6.77. The molecule has 1 aliphatic heterocycles. The number of carbonyl (C=O) groups is 1. The number of carbonyl (C=O) groups excluding carboxylic acids is 1. The van der Waals surface area contributed by atoms with Crippen LogP contribution in [0.3, 0.4) is 0 Å². The van der Waals surface area contributed by atoms with E-state index < -0.39 is 9.84 Å². The molecular formula is C23H21N3O5S. The highest BCUT2D eigenvalue weighted by molar-refractivity contribution is 7.91. The zero-order valence-electron chi connectivity index (χ0n) is 17.3. The van der Waals surface area contributed by atoms with E-state index >= 15 is 0 Å². The van der Waals surface area contributed by atoms with Crippen molar-refractivity contribution in [2.24, 2.45) is 7.05 Å². The van der Waals surface area contributed by atoms with Crippen molar-refractivity contribution < 1.29 is 22.7 Å². The van der Waals surface area contributed by atoms with Gasteiger partial charge in [-0.3, -0.25) is 4.79 Å². The lowest BCUT2D eigenvalue weighted by Crippen LogP contribution is -2.23. The van der Waals surface area contributed by atoms with Crippen molar-refractivity contribution in [1.29, 1.82) is 0 Å². The van der Waals surface area contributed by atoms with Crippen LogP contribution in [-0.4, -0.2) is 30.7 Å². The van der Waals surface area contributed by atoms with Crippen LogP contribution in [-0.2, 0) is 28.2 Å². The summed E-state index contributed by atoms with van der Waals surface area (Å²) in [4.78, 5) is 16.6. The molecule has 0 fully saturated rings. The number of benzene rings is 2. The number of fused-ring (bicyclic) bond motifs is 1. The molecule has 1 aliphatic rings. The minimum atomic E-state index is -3.78. The van der Waals surface area contributed by atoms with Gasteiger partial charge in [-0.15, -0.1) is 0 Å². The molecule has 3 aromatic rings. The van der Waals surface area contributed by atoms with Gasteiger partial charge in [-0.2, -0.15) is 0 Å². The van der Waals surface area contributed by atoms with E-state index in [1.165, 1.54) is 18.2 Å². The van der Waals surface area contributed by atoms with Gasteiger partial charge in [0.05, 0.1) is 4.90 Å². The maximum absolute atomic E-state index is 13.0. The molecule has 0 spiro atoms. The Morgan fingerprint density at radius 3 is 2.72 bits per heavy atom. The number of imidazole rings is 1. The Bertz CT molecular complexity index is 1310. The molecular weight excluding hydrogens is 430 g/mol. The minimum Gasteiger partial charge on any atom is -0.454 e. The van der Waals surface area contributed by atoms with Crippen LogP contribution in [0.25, 0.3) is 6.08 Å². The molecule has 0 radical (unpaired) electrons. The van der Waals surface area contributed by atoms with Crippen LogP contribution in [0.5, 0.6) is 11.5 Å². The Balaban J connectivity index is 1.40. The fourth-order valence-corrected chi connectivity index (χ4v) is 4.52. The van der Waals surface area contributed by atoms with E-state index in [2.05, 4.69) is 16.9 Å². The summed E-state index contributed by atoms with van der Waals surface area (Å²) in [6.45, 7) is 3.98. The Labute approximate surface area is 185 Å². The number of rotatable bonds is 7. The highest BCUT2D eigenvalue weighted by Crippen LogP contribution is 2.40. The van der Waals surface area contributed by atoms with E-state index in [-0.39, 0.29) is 40.4 Å². The highest BCUT2D eigenvalue weighted by Gasteiger charge is 2.27. The Hall–Kier alpha value is -3.85. The zero-order chi connectivity index (χ0) is 22.7. The molecule has 9 heteroatoms. The van der Waals surface area contributed by atoms with Gasteiger partial charge in [-0.1, -0.05) is 24.8 Å². The van der Waals surface area contributed by atoms with Crippen LogP contribution in [0, 0.1) is 0 Å². The van der Waals surface area contributed by atoms with E-state index in [1.807, 2.05) is 11.6 Å². The Morgan fingerprint density at radius 1 is 1.22 bits per heavy atom. The van der Waals surface area contributed by atoms with Gasteiger partial charge in [0.1, 0.15) is 10.7 Å². The Morgan fingerprint density at radius 2 is 2.00 bits per heavy atom. The maximum Gasteiger partial charge on any atom is 0.250 e. The molecule has 0 saturated heterocycles. The average molecular weight is 452 g/mol. The fraction of sp³-hybridized carbons (Fsp3) is 0.130. The first kappa shape index (κ1) is 21.4. The molecule has 8 nitrogen and oxygen atoms in total. The van der Waals surface area contributed by atoms with E-state index in [4.69, 9.17) is 9.47 Å². The summed E-state index contributed by atoms with van der Waals surface area (Å²) < 4.78 is 38.5. The third-order valence-corrected chi connectivity index (χ3v) is 6.71. The van der Waals surface area contributed by atoms with Gasteiger partial charge in [-0.25, -0.2) is 13.4 Å². The number of aryl methyl sites for hydroxylation is 1. The number of para-hydroxylation sites is 1. The van der Waals surface area contributed by atoms with Crippen LogP contribution in [0.2, 0.25) is 0 Å². The summed E-state index contributed by atoms with van der Waals surface area (Å²) in [5.74, 6) is 1.00. The van der Waals surface area contributed by atoms with Crippen LogP contribution in [0.1, 0.15) is 11.4 Å². The molecule has 0 saturated carbocycles. The monoisotopic (exact) mass is 451 g/mol. The largest absolute Gasteiger partial charge is 0.454 e. The number of nitrogens with one attached hydrogen (secondary N) is 1. The van der Waals surface area contributed by atoms with E-state index in [0.717, 1.165) is 5.56 Å². The molecule has 2 heterocycles. The lowest BCUT2D eigenvalue weighted by molar-refractivity contribution is -0.117. The van der Waals surface area contributed by atoms with Crippen LogP contribution in [0.15, 0.2) is 82.9 Å². The molecule has 0 aliphatic carbocycles. The van der Waals surface area contributed by atoms with Gasteiger partial charge < -0.3 is 19.4 Å². The topological polar surface area (TPSA) is 99.5 Å². The number of hydrogen-bond acceptors (Lipinski definition) is 6. The molecule has 1 amide bonds. The van der Waals surface area contributed by atoms with Crippen LogP contribution < -0.4 is 14.8 Å². The summed E-state index contributed by atoms with van der Waals surface area (Å²) in [7, 11) is -1.93. The van der Waals surface area contributed by atoms with Crippen LogP contribution >= 0.6 is 0 Å². The predicted molar refractivity (Wildman–Crippen MR) is 118 cm³/mol. The number of hydrogen-bond donors (Lipinski definition) is 1. The average Bonchev–Trinajstić information content (AvgIpc) is 3.44. The van der Waals surface area contributed by atoms with E-state index in [1.54, 1.807) is 48.8 Å². The normalized spacial score (nSPS) is 12.8. The van der Waals surface area contributed by atoms with Crippen molar-refractivity contribution in [3.8, 4) is 11.5 Å². The lowest BCUT2D eigenvalue weighted by Gasteiger charge is -2.09. The first-order chi connectivity index (χ1) is 15.4. The lowest BCUT2D eigenvalue weighted by atomic mass is 10.2. The minimum absolute atomic E-state index is 0.0112. The van der Waals surface area contributed by atoms with Gasteiger partial charge in [0.25, 0.3) is 5.91 Å². The first-order valence-corrected chi connectivity index (χ1v) is 11.2. The van der Waals surface area contributed by atoms with Crippen molar-refractivity contribution in [2.75, 3.05) is 6.79 Å². The van der Waals surface area contributed by atoms with Crippen molar-refractivity contribution >= 4 is 21.8 Å². The molecule has 0 bridgehead atoms. The molecule has 1 aromatic heterocycles. The number of sulfone groups is 1. The molecule has 1 N–H and O–H groups in total. The standard InChI is InChI=1S/C23H21N3O5S/c1-16(6-11-21-24-12-13-26(21)2)23(27)25-14-17-7-9-18(10-8-17)32(28,29)20-5-3-4-19-22(20)31-15-30-19/h3-13H,1,14-15H2,2H3,(H,25,27)/b11-6-. The Kier molecular flexibility index (Phi) is 5.83. The van der Waals surface area contributed by atoms with Gasteiger partial charge in [-0.05, 0) is 42.0 Å². The van der Waals surface area contributed by atoms with E-state index in [0.29, 0.717) is 11.6 Å².